The van der Waals surface area contributed by atoms with E-state index in [1.807, 2.05) is 11.0 Å². The molecule has 140 valence electrons. The molecular formula is C21H29N3O2. The number of terminal acetylenes is 1. The van der Waals surface area contributed by atoms with Gasteiger partial charge in [-0.3, -0.25) is 14.6 Å². The Morgan fingerprint density at radius 3 is 2.73 bits per heavy atom. The highest BCUT2D eigenvalue weighted by Crippen LogP contribution is 2.35. The average Bonchev–Trinajstić information content (AvgIpc) is 3.11. The SMILES string of the molecule is C#CCN1CCN(C(=O)CN2CCCC2c2cc(OC)ccc2C)CC1. The maximum atomic E-state index is 12.8. The average molecular weight is 355 g/mol. The van der Waals surface area contributed by atoms with Gasteiger partial charge in [0.05, 0.1) is 20.2 Å². The Morgan fingerprint density at radius 2 is 2.04 bits per heavy atom. The van der Waals surface area contributed by atoms with Crippen molar-refractivity contribution in [1.29, 1.82) is 0 Å². The van der Waals surface area contributed by atoms with Crippen LogP contribution in [0.15, 0.2) is 18.2 Å². The molecule has 0 aromatic heterocycles. The topological polar surface area (TPSA) is 36.0 Å². The zero-order chi connectivity index (χ0) is 18.5. The minimum absolute atomic E-state index is 0.234. The fraction of sp³-hybridized carbons (Fsp3) is 0.571. The summed E-state index contributed by atoms with van der Waals surface area (Å²) in [6, 6.07) is 6.54. The van der Waals surface area contributed by atoms with Gasteiger partial charge in [-0.25, -0.2) is 0 Å². The summed E-state index contributed by atoms with van der Waals surface area (Å²) in [5.74, 6) is 3.80. The number of nitrogens with zero attached hydrogens (tertiary/aromatic N) is 3. The standard InChI is InChI=1S/C21H29N3O2/c1-4-9-22-11-13-23(14-12-22)21(25)16-24-10-5-6-20(24)19-15-18(26-3)8-7-17(19)2/h1,7-8,15,20H,5-6,9-14,16H2,2-3H3. The van der Waals surface area contributed by atoms with Crippen LogP contribution in [-0.2, 0) is 4.79 Å². The number of rotatable bonds is 5. The van der Waals surface area contributed by atoms with E-state index in [0.717, 1.165) is 51.3 Å². The van der Waals surface area contributed by atoms with Gasteiger partial charge in [0, 0.05) is 32.2 Å². The lowest BCUT2D eigenvalue weighted by molar-refractivity contribution is -0.134. The molecule has 5 heteroatoms. The Kier molecular flexibility index (Phi) is 6.18. The van der Waals surface area contributed by atoms with E-state index in [1.165, 1.54) is 11.1 Å². The van der Waals surface area contributed by atoms with Crippen LogP contribution in [-0.4, -0.2) is 73.5 Å². The molecule has 0 spiro atoms. The molecule has 3 rings (SSSR count). The van der Waals surface area contributed by atoms with Crippen molar-refractivity contribution in [2.24, 2.45) is 0 Å². The summed E-state index contributed by atoms with van der Waals surface area (Å²) in [6.07, 6.45) is 7.60. The molecule has 2 aliphatic heterocycles. The fourth-order valence-electron chi connectivity index (χ4n) is 4.03. The Labute approximate surface area is 156 Å². The van der Waals surface area contributed by atoms with Gasteiger partial charge in [-0.1, -0.05) is 12.0 Å². The van der Waals surface area contributed by atoms with Crippen LogP contribution < -0.4 is 4.74 Å². The molecule has 1 aromatic carbocycles. The number of benzene rings is 1. The van der Waals surface area contributed by atoms with E-state index in [9.17, 15) is 4.79 Å². The zero-order valence-electron chi connectivity index (χ0n) is 15.9. The Hall–Kier alpha value is -2.03. The van der Waals surface area contributed by atoms with Crippen molar-refractivity contribution in [3.8, 4) is 18.1 Å². The molecule has 2 fully saturated rings. The molecule has 2 aliphatic rings. The summed E-state index contributed by atoms with van der Waals surface area (Å²) < 4.78 is 5.40. The van der Waals surface area contributed by atoms with Crippen LogP contribution in [0.2, 0.25) is 0 Å². The van der Waals surface area contributed by atoms with Crippen LogP contribution in [0.25, 0.3) is 0 Å². The lowest BCUT2D eigenvalue weighted by atomic mass is 9.99. The lowest BCUT2D eigenvalue weighted by Gasteiger charge is -2.35. The monoisotopic (exact) mass is 355 g/mol. The first-order valence-corrected chi connectivity index (χ1v) is 9.44. The summed E-state index contributed by atoms with van der Waals surface area (Å²) in [6.45, 7) is 7.57. The van der Waals surface area contributed by atoms with Gasteiger partial charge in [0.2, 0.25) is 5.91 Å². The highest BCUT2D eigenvalue weighted by molar-refractivity contribution is 5.78. The summed E-state index contributed by atoms with van der Waals surface area (Å²) in [5.41, 5.74) is 2.55. The molecule has 0 aliphatic carbocycles. The van der Waals surface area contributed by atoms with Gasteiger partial charge in [0.1, 0.15) is 5.75 Å². The van der Waals surface area contributed by atoms with Crippen LogP contribution in [0.4, 0.5) is 0 Å². The number of carbonyl (C=O) groups is 1. The van der Waals surface area contributed by atoms with Crippen LogP contribution in [0.1, 0.15) is 30.0 Å². The number of methoxy groups -OCH3 is 1. The normalized spacial score (nSPS) is 21.6. The van der Waals surface area contributed by atoms with Crippen molar-refractivity contribution in [2.45, 2.75) is 25.8 Å². The van der Waals surface area contributed by atoms with Gasteiger partial charge >= 0.3 is 0 Å². The van der Waals surface area contributed by atoms with Crippen molar-refractivity contribution in [3.63, 3.8) is 0 Å². The fourth-order valence-corrected chi connectivity index (χ4v) is 4.03. The van der Waals surface area contributed by atoms with Crippen molar-refractivity contribution in [1.82, 2.24) is 14.7 Å². The second-order valence-corrected chi connectivity index (χ2v) is 7.21. The van der Waals surface area contributed by atoms with E-state index >= 15 is 0 Å². The Balaban J connectivity index is 1.62. The predicted molar refractivity (Wildman–Crippen MR) is 103 cm³/mol. The molecular weight excluding hydrogens is 326 g/mol. The van der Waals surface area contributed by atoms with Crippen LogP contribution >= 0.6 is 0 Å². The summed E-state index contributed by atoms with van der Waals surface area (Å²) in [5, 5.41) is 0. The van der Waals surface area contributed by atoms with Crippen molar-refractivity contribution in [3.05, 3.63) is 29.3 Å². The molecule has 0 N–H and O–H groups in total. The number of hydrogen-bond donors (Lipinski definition) is 0. The molecule has 1 aromatic rings. The first kappa shape index (κ1) is 18.8. The number of piperazine rings is 1. The van der Waals surface area contributed by atoms with Crippen molar-refractivity contribution < 1.29 is 9.53 Å². The molecule has 26 heavy (non-hydrogen) atoms. The highest BCUT2D eigenvalue weighted by Gasteiger charge is 2.31. The molecule has 5 nitrogen and oxygen atoms in total. The molecule has 1 unspecified atom stereocenters. The van der Waals surface area contributed by atoms with E-state index in [4.69, 9.17) is 11.2 Å². The van der Waals surface area contributed by atoms with Gasteiger partial charge in [0.25, 0.3) is 0 Å². The molecule has 1 atom stereocenters. The molecule has 2 heterocycles. The second-order valence-electron chi connectivity index (χ2n) is 7.21. The minimum Gasteiger partial charge on any atom is -0.497 e. The largest absolute Gasteiger partial charge is 0.497 e. The van der Waals surface area contributed by atoms with E-state index in [1.54, 1.807) is 7.11 Å². The highest BCUT2D eigenvalue weighted by atomic mass is 16.5. The number of hydrogen-bond acceptors (Lipinski definition) is 4. The van der Waals surface area contributed by atoms with Gasteiger partial charge in [-0.2, -0.15) is 0 Å². The second kappa shape index (κ2) is 8.57. The third-order valence-electron chi connectivity index (χ3n) is 5.59. The van der Waals surface area contributed by atoms with Gasteiger partial charge < -0.3 is 9.64 Å². The summed E-state index contributed by atoms with van der Waals surface area (Å²) in [7, 11) is 1.70. The van der Waals surface area contributed by atoms with Crippen molar-refractivity contribution in [2.75, 3.05) is 52.9 Å². The maximum absolute atomic E-state index is 12.8. The third-order valence-corrected chi connectivity index (χ3v) is 5.59. The molecule has 0 bridgehead atoms. The molecule has 0 radical (unpaired) electrons. The van der Waals surface area contributed by atoms with E-state index in [0.29, 0.717) is 19.1 Å². The number of likely N-dealkylation sites (tertiary alicyclic amines) is 1. The predicted octanol–water partition coefficient (Wildman–Crippen LogP) is 1.92. The molecule has 2 saturated heterocycles. The smallest absolute Gasteiger partial charge is 0.236 e. The number of ether oxygens (including phenoxy) is 1. The lowest BCUT2D eigenvalue weighted by Crippen LogP contribution is -2.51. The van der Waals surface area contributed by atoms with Crippen LogP contribution in [0.5, 0.6) is 5.75 Å². The van der Waals surface area contributed by atoms with E-state index in [-0.39, 0.29) is 5.91 Å². The zero-order valence-corrected chi connectivity index (χ0v) is 15.9. The Morgan fingerprint density at radius 1 is 1.27 bits per heavy atom. The van der Waals surface area contributed by atoms with Crippen molar-refractivity contribution >= 4 is 5.91 Å². The Bertz CT molecular complexity index is 674. The first-order valence-electron chi connectivity index (χ1n) is 9.44. The quantitative estimate of drug-likeness (QED) is 0.756. The maximum Gasteiger partial charge on any atom is 0.236 e. The number of amides is 1. The van der Waals surface area contributed by atoms with Crippen LogP contribution in [0, 0.1) is 19.3 Å². The summed E-state index contributed by atoms with van der Waals surface area (Å²) >= 11 is 0. The van der Waals surface area contributed by atoms with E-state index in [2.05, 4.69) is 34.8 Å². The van der Waals surface area contributed by atoms with E-state index < -0.39 is 0 Å². The minimum atomic E-state index is 0.234. The third kappa shape index (κ3) is 4.20. The van der Waals surface area contributed by atoms with Gasteiger partial charge in [-0.15, -0.1) is 6.42 Å². The van der Waals surface area contributed by atoms with Gasteiger partial charge in [0.15, 0.2) is 0 Å². The molecule has 0 saturated carbocycles. The molecule has 1 amide bonds. The van der Waals surface area contributed by atoms with Crippen LogP contribution in [0.3, 0.4) is 0 Å². The number of carbonyl (C=O) groups excluding carboxylic acids is 1. The van der Waals surface area contributed by atoms with Gasteiger partial charge in [-0.05, 0) is 49.6 Å². The number of aryl methyl sites for hydroxylation is 1. The summed E-state index contributed by atoms with van der Waals surface area (Å²) in [4.78, 5) is 19.3. The first-order chi connectivity index (χ1) is 12.6.